The molecule has 8 aliphatic rings. The molecular formula is C10H10O7. The second-order valence-corrected chi connectivity index (χ2v) is 3.92. The van der Waals surface area contributed by atoms with Gasteiger partial charge in [-0.15, -0.1) is 26.3 Å². The normalized spacial score (nSPS) is 67.5. The highest BCUT2D eigenvalue weighted by atomic mass is 17.3. The van der Waals surface area contributed by atoms with Gasteiger partial charge in [-0.1, -0.05) is 0 Å². The van der Waals surface area contributed by atoms with Crippen LogP contribution in [0.4, 0.5) is 0 Å². The van der Waals surface area contributed by atoms with Crippen LogP contribution in [-0.4, -0.2) is 36.1 Å². The highest BCUT2D eigenvalue weighted by Crippen LogP contribution is 2.79. The quantitative estimate of drug-likeness (QED) is 0.503. The smallest absolute Gasteiger partial charge is 0.304 e. The fraction of sp³-hybridized carbons (Fsp3) is 0.600. The van der Waals surface area contributed by atoms with E-state index in [1.54, 1.807) is 0 Å². The zero-order valence-electron chi connectivity index (χ0n) is 8.84. The lowest BCUT2D eigenvalue weighted by molar-refractivity contribution is -0.726. The van der Waals surface area contributed by atoms with Crippen molar-refractivity contribution in [1.29, 1.82) is 0 Å². The van der Waals surface area contributed by atoms with Crippen LogP contribution < -0.4 is 0 Å². The van der Waals surface area contributed by atoms with E-state index in [2.05, 4.69) is 26.3 Å². The third kappa shape index (κ3) is 0.756. The maximum atomic E-state index is 5.39. The predicted molar refractivity (Wildman–Crippen MR) is 48.6 cm³/mol. The molecule has 8 heterocycles. The van der Waals surface area contributed by atoms with Crippen LogP contribution in [0.3, 0.4) is 0 Å². The largest absolute Gasteiger partial charge is 0.332 e. The van der Waals surface area contributed by atoms with Crippen molar-refractivity contribution in [2.45, 2.75) is 36.1 Å². The van der Waals surface area contributed by atoms with Crippen molar-refractivity contribution in [1.82, 2.24) is 0 Å². The first kappa shape index (κ1) is 10.2. The first-order valence-electron chi connectivity index (χ1n) is 5.08. The summed E-state index contributed by atoms with van der Waals surface area (Å²) in [6.07, 6.45) is -0.230. The summed E-state index contributed by atoms with van der Waals surface area (Å²) < 4.78 is 36.1. The van der Waals surface area contributed by atoms with E-state index in [0.29, 0.717) is 0 Å². The van der Waals surface area contributed by atoms with Crippen LogP contribution in [0.15, 0.2) is 26.3 Å². The Balaban J connectivity index is 0.000000185. The van der Waals surface area contributed by atoms with Crippen molar-refractivity contribution in [3.63, 3.8) is 0 Å². The molecule has 0 amide bonds. The summed E-state index contributed by atoms with van der Waals surface area (Å²) in [6, 6.07) is 0. The van der Waals surface area contributed by atoms with Crippen LogP contribution in [0.5, 0.6) is 0 Å². The van der Waals surface area contributed by atoms with Gasteiger partial charge in [0.1, 0.15) is 0 Å². The van der Waals surface area contributed by atoms with Crippen LogP contribution in [-0.2, 0) is 33.2 Å². The van der Waals surface area contributed by atoms with Gasteiger partial charge in [0.05, 0.1) is 0 Å². The van der Waals surface area contributed by atoms with Crippen LogP contribution in [0.1, 0.15) is 0 Å². The third-order valence-electron chi connectivity index (χ3n) is 3.16. The fourth-order valence-electron chi connectivity index (χ4n) is 2.33. The predicted octanol–water partition coefficient (Wildman–Crippen LogP) is 0.141. The van der Waals surface area contributed by atoms with Gasteiger partial charge < -0.3 is 9.47 Å². The molecule has 2 spiro atoms. The monoisotopic (exact) mass is 242 g/mol. The Morgan fingerprint density at radius 1 is 0.706 bits per heavy atom. The van der Waals surface area contributed by atoms with Crippen molar-refractivity contribution < 1.29 is 33.2 Å². The van der Waals surface area contributed by atoms with Gasteiger partial charge in [0, 0.05) is 0 Å². The molecule has 8 fully saturated rings. The second kappa shape index (κ2) is 2.34. The Kier molecular flexibility index (Phi) is 1.40. The molecule has 8 aliphatic heterocycles. The van der Waals surface area contributed by atoms with E-state index < -0.39 is 23.9 Å². The highest BCUT2D eigenvalue weighted by Gasteiger charge is 3.05. The minimum absolute atomic E-state index is 0.115. The van der Waals surface area contributed by atoms with Gasteiger partial charge in [-0.2, -0.15) is 0 Å². The van der Waals surface area contributed by atoms with E-state index >= 15 is 0 Å². The Hall–Kier alpha value is -0.800. The minimum Gasteiger partial charge on any atom is -0.304 e. The van der Waals surface area contributed by atoms with Crippen LogP contribution in [0.2, 0.25) is 0 Å². The van der Waals surface area contributed by atoms with E-state index in [0.717, 1.165) is 0 Å². The molecule has 0 aromatic heterocycles. The van der Waals surface area contributed by atoms with Gasteiger partial charge in [0.2, 0.25) is 12.2 Å². The van der Waals surface area contributed by atoms with E-state index in [4.69, 9.17) is 33.2 Å². The zero-order valence-corrected chi connectivity index (χ0v) is 8.84. The molecule has 7 nitrogen and oxygen atoms in total. The summed E-state index contributed by atoms with van der Waals surface area (Å²) in [5, 5.41) is 0. The Morgan fingerprint density at radius 2 is 1.06 bits per heavy atom. The van der Waals surface area contributed by atoms with Gasteiger partial charge in [0.25, 0.3) is 0 Å². The third-order valence-corrected chi connectivity index (χ3v) is 3.16. The maximum Gasteiger partial charge on any atom is 0.332 e. The Labute approximate surface area is 96.4 Å². The molecule has 8 rings (SSSR count). The standard InChI is InChI=1S/C6H2O7.2C2H4/c7-1-3(7)9-5(1,10-3)13-6-2-4(8-2,11-6)12-6;2*1-2/h1-2H;2*1-2H2. The molecule has 8 saturated heterocycles. The Morgan fingerprint density at radius 3 is 1.24 bits per heavy atom. The van der Waals surface area contributed by atoms with E-state index in [1.807, 2.05) is 0 Å². The molecule has 2 unspecified atom stereocenters. The Bertz CT molecular complexity index is 371. The summed E-state index contributed by atoms with van der Waals surface area (Å²) in [5.41, 5.74) is 0. The van der Waals surface area contributed by atoms with E-state index in [-0.39, 0.29) is 12.2 Å². The molecular weight excluding hydrogens is 232 g/mol. The van der Waals surface area contributed by atoms with E-state index in [9.17, 15) is 0 Å². The average molecular weight is 242 g/mol. The lowest BCUT2D eigenvalue weighted by atomic mass is 10.1. The fourth-order valence-corrected chi connectivity index (χ4v) is 2.33. The van der Waals surface area contributed by atoms with Gasteiger partial charge >= 0.3 is 23.9 Å². The van der Waals surface area contributed by atoms with Crippen LogP contribution in [0, 0.1) is 0 Å². The van der Waals surface area contributed by atoms with Gasteiger partial charge in [-0.05, 0) is 0 Å². The SMILES string of the molecule is C=C.C=C.O1C2C13OC2(OC12OC4(OC41)O2)O3. The lowest BCUT2D eigenvalue weighted by Crippen LogP contribution is -2.83. The van der Waals surface area contributed by atoms with Crippen LogP contribution >= 0.6 is 0 Å². The van der Waals surface area contributed by atoms with Crippen molar-refractivity contribution in [2.75, 3.05) is 0 Å². The number of hydrogen-bond donors (Lipinski definition) is 0. The molecule has 0 aromatic carbocycles. The second-order valence-electron chi connectivity index (χ2n) is 3.92. The maximum absolute atomic E-state index is 5.39. The molecule has 2 atom stereocenters. The highest BCUT2D eigenvalue weighted by molar-refractivity contribution is 5.21. The average Bonchev–Trinajstić information content (AvgIpc) is 3.02. The molecule has 0 radical (unpaired) electrons. The molecule has 0 N–H and O–H groups in total. The number of ether oxygens (including phenoxy) is 7. The van der Waals surface area contributed by atoms with E-state index in [1.165, 1.54) is 0 Å². The lowest BCUT2D eigenvalue weighted by Gasteiger charge is -2.60. The molecule has 92 valence electrons. The number of epoxide rings is 2. The van der Waals surface area contributed by atoms with Gasteiger partial charge in [0.15, 0.2) is 0 Å². The summed E-state index contributed by atoms with van der Waals surface area (Å²) in [5.74, 6) is -3.71. The molecule has 0 aliphatic carbocycles. The molecule has 0 aromatic rings. The first-order valence-corrected chi connectivity index (χ1v) is 5.08. The minimum atomic E-state index is -1.08. The summed E-state index contributed by atoms with van der Waals surface area (Å²) in [7, 11) is 0. The van der Waals surface area contributed by atoms with Crippen molar-refractivity contribution >= 4 is 0 Å². The van der Waals surface area contributed by atoms with Gasteiger partial charge in [-0.3, -0.25) is 23.7 Å². The zero-order chi connectivity index (χ0) is 12.1. The van der Waals surface area contributed by atoms with Crippen molar-refractivity contribution in [3.05, 3.63) is 26.3 Å². The molecule has 0 saturated carbocycles. The number of hydrogen-bond acceptors (Lipinski definition) is 7. The summed E-state index contributed by atoms with van der Waals surface area (Å²) in [4.78, 5) is 0. The first-order chi connectivity index (χ1) is 8.21. The topological polar surface area (TPSA) is 71.2 Å². The van der Waals surface area contributed by atoms with Crippen LogP contribution in [0.25, 0.3) is 0 Å². The molecule has 4 bridgehead atoms. The van der Waals surface area contributed by atoms with Crippen molar-refractivity contribution in [3.8, 4) is 0 Å². The molecule has 7 heteroatoms. The molecule has 17 heavy (non-hydrogen) atoms. The van der Waals surface area contributed by atoms with Crippen molar-refractivity contribution in [2.24, 2.45) is 0 Å². The van der Waals surface area contributed by atoms with Gasteiger partial charge in [-0.25, -0.2) is 0 Å². The summed E-state index contributed by atoms with van der Waals surface area (Å²) >= 11 is 0. The summed E-state index contributed by atoms with van der Waals surface area (Å²) in [6.45, 7) is 12.0. The number of rotatable bonds is 2.